The van der Waals surface area contributed by atoms with Crippen molar-refractivity contribution in [2.75, 3.05) is 13.2 Å². The first-order valence-electron chi connectivity index (χ1n) is 5.68. The number of aromatic nitrogens is 2. The molecule has 6 nitrogen and oxygen atoms in total. The molecule has 1 aromatic rings. The maximum Gasteiger partial charge on any atom is 0.313 e. The average Bonchev–Trinajstić information content (AvgIpc) is 2.72. The van der Waals surface area contributed by atoms with E-state index in [9.17, 15) is 9.59 Å². The molecule has 17 heavy (non-hydrogen) atoms. The number of carbonyl (C=O) groups is 2. The van der Waals surface area contributed by atoms with Gasteiger partial charge in [-0.1, -0.05) is 0 Å². The summed E-state index contributed by atoms with van der Waals surface area (Å²) in [4.78, 5) is 23.1. The molecule has 92 valence electrons. The first kappa shape index (κ1) is 11.8. The van der Waals surface area contributed by atoms with Crippen LogP contribution in [-0.2, 0) is 22.5 Å². The highest BCUT2D eigenvalue weighted by atomic mass is 16.5. The van der Waals surface area contributed by atoms with E-state index in [1.54, 1.807) is 6.92 Å². The third kappa shape index (κ3) is 2.52. The van der Waals surface area contributed by atoms with E-state index in [1.165, 1.54) is 0 Å². The van der Waals surface area contributed by atoms with Gasteiger partial charge in [-0.25, -0.2) is 0 Å². The SMILES string of the molecule is CCOC(=O)CC(=O)c1n[nH]c2c1CNCC2. The number of hydrogen-bond acceptors (Lipinski definition) is 5. The van der Waals surface area contributed by atoms with Gasteiger partial charge in [0.2, 0.25) is 0 Å². The smallest absolute Gasteiger partial charge is 0.313 e. The highest BCUT2D eigenvalue weighted by Gasteiger charge is 2.23. The second-order valence-corrected chi connectivity index (χ2v) is 3.86. The van der Waals surface area contributed by atoms with Crippen molar-refractivity contribution in [1.29, 1.82) is 0 Å². The first-order valence-corrected chi connectivity index (χ1v) is 5.68. The Morgan fingerprint density at radius 3 is 3.06 bits per heavy atom. The largest absolute Gasteiger partial charge is 0.466 e. The van der Waals surface area contributed by atoms with Crippen molar-refractivity contribution in [2.45, 2.75) is 26.3 Å². The molecule has 1 aromatic heterocycles. The van der Waals surface area contributed by atoms with Crippen LogP contribution >= 0.6 is 0 Å². The number of H-pyrrole nitrogens is 1. The molecule has 2 rings (SSSR count). The molecule has 1 aliphatic rings. The molecule has 0 unspecified atom stereocenters. The Bertz CT molecular complexity index is 439. The van der Waals surface area contributed by atoms with E-state index in [2.05, 4.69) is 15.5 Å². The summed E-state index contributed by atoms with van der Waals surface area (Å²) in [6.45, 7) is 3.49. The van der Waals surface area contributed by atoms with E-state index in [-0.39, 0.29) is 18.8 Å². The third-order valence-corrected chi connectivity index (χ3v) is 2.68. The topological polar surface area (TPSA) is 84.1 Å². The first-order chi connectivity index (χ1) is 8.22. The van der Waals surface area contributed by atoms with E-state index in [1.807, 2.05) is 0 Å². The van der Waals surface area contributed by atoms with E-state index < -0.39 is 5.97 Å². The van der Waals surface area contributed by atoms with Crippen LogP contribution in [0.5, 0.6) is 0 Å². The number of esters is 1. The van der Waals surface area contributed by atoms with Crippen molar-refractivity contribution < 1.29 is 14.3 Å². The summed E-state index contributed by atoms with van der Waals surface area (Å²) in [7, 11) is 0. The van der Waals surface area contributed by atoms with E-state index in [4.69, 9.17) is 4.74 Å². The quantitative estimate of drug-likeness (QED) is 0.443. The minimum absolute atomic E-state index is 0.245. The van der Waals surface area contributed by atoms with Gasteiger partial charge in [-0.15, -0.1) is 0 Å². The van der Waals surface area contributed by atoms with Crippen LogP contribution in [0.4, 0.5) is 0 Å². The molecule has 2 N–H and O–H groups in total. The zero-order valence-corrected chi connectivity index (χ0v) is 9.71. The fourth-order valence-corrected chi connectivity index (χ4v) is 1.88. The van der Waals surface area contributed by atoms with E-state index in [0.717, 1.165) is 24.2 Å². The van der Waals surface area contributed by atoms with Gasteiger partial charge in [-0.2, -0.15) is 5.10 Å². The second kappa shape index (κ2) is 5.09. The van der Waals surface area contributed by atoms with Gasteiger partial charge in [0.1, 0.15) is 12.1 Å². The molecule has 0 aromatic carbocycles. The zero-order valence-electron chi connectivity index (χ0n) is 9.71. The number of carbonyl (C=O) groups excluding carboxylic acids is 2. The van der Waals surface area contributed by atoms with Crippen LogP contribution in [0, 0.1) is 0 Å². The molecule has 0 saturated carbocycles. The Morgan fingerprint density at radius 2 is 2.29 bits per heavy atom. The number of hydrogen-bond donors (Lipinski definition) is 2. The molecule has 0 amide bonds. The van der Waals surface area contributed by atoms with Crippen LogP contribution in [-0.4, -0.2) is 35.1 Å². The predicted octanol–water partition coefficient (Wildman–Crippen LogP) is 0.191. The summed E-state index contributed by atoms with van der Waals surface area (Å²) in [5.41, 5.74) is 2.22. The monoisotopic (exact) mass is 237 g/mol. The van der Waals surface area contributed by atoms with Gasteiger partial charge < -0.3 is 10.1 Å². The van der Waals surface area contributed by atoms with Gasteiger partial charge in [-0.3, -0.25) is 14.7 Å². The van der Waals surface area contributed by atoms with Gasteiger partial charge in [0, 0.05) is 30.8 Å². The number of rotatable bonds is 4. The number of ether oxygens (including phenoxy) is 1. The average molecular weight is 237 g/mol. The predicted molar refractivity (Wildman–Crippen MR) is 59.6 cm³/mol. The van der Waals surface area contributed by atoms with Crippen LogP contribution in [0.15, 0.2) is 0 Å². The van der Waals surface area contributed by atoms with Gasteiger partial charge in [0.15, 0.2) is 5.78 Å². The normalized spacial score (nSPS) is 14.2. The third-order valence-electron chi connectivity index (χ3n) is 2.68. The number of Topliss-reactive ketones (excluding diaryl/α,β-unsaturated/α-hetero) is 1. The van der Waals surface area contributed by atoms with Crippen molar-refractivity contribution in [1.82, 2.24) is 15.5 Å². The van der Waals surface area contributed by atoms with Crippen molar-refractivity contribution in [3.05, 3.63) is 17.0 Å². The second-order valence-electron chi connectivity index (χ2n) is 3.86. The van der Waals surface area contributed by atoms with E-state index in [0.29, 0.717) is 12.2 Å². The molecule has 0 spiro atoms. The summed E-state index contributed by atoms with van der Waals surface area (Å²) in [6.07, 6.45) is 0.583. The van der Waals surface area contributed by atoms with Gasteiger partial charge in [0.05, 0.1) is 6.61 Å². The fourth-order valence-electron chi connectivity index (χ4n) is 1.88. The highest BCUT2D eigenvalue weighted by Crippen LogP contribution is 2.16. The molecular formula is C11H15N3O3. The molecule has 0 aliphatic carbocycles. The van der Waals surface area contributed by atoms with Crippen molar-refractivity contribution in [3.63, 3.8) is 0 Å². The Hall–Kier alpha value is -1.69. The number of nitrogens with one attached hydrogen (secondary N) is 2. The number of aromatic amines is 1. The lowest BCUT2D eigenvalue weighted by atomic mass is 10.0. The molecule has 0 atom stereocenters. The minimum Gasteiger partial charge on any atom is -0.466 e. The molecule has 0 radical (unpaired) electrons. The number of ketones is 1. The summed E-state index contributed by atoms with van der Waals surface area (Å²) in [6, 6.07) is 0. The molecule has 0 fully saturated rings. The van der Waals surface area contributed by atoms with Crippen LogP contribution < -0.4 is 5.32 Å². The fraction of sp³-hybridized carbons (Fsp3) is 0.545. The van der Waals surface area contributed by atoms with Gasteiger partial charge in [0.25, 0.3) is 0 Å². The summed E-state index contributed by atoms with van der Waals surface area (Å²) in [5.74, 6) is -0.789. The maximum atomic E-state index is 11.9. The number of fused-ring (bicyclic) bond motifs is 1. The Kier molecular flexibility index (Phi) is 3.53. The molecule has 6 heteroatoms. The van der Waals surface area contributed by atoms with Crippen LogP contribution in [0.2, 0.25) is 0 Å². The lowest BCUT2D eigenvalue weighted by molar-refractivity contribution is -0.141. The summed E-state index contributed by atoms with van der Waals surface area (Å²) < 4.78 is 4.74. The molecule has 0 saturated heterocycles. The lowest BCUT2D eigenvalue weighted by Crippen LogP contribution is -2.24. The molecule has 2 heterocycles. The number of nitrogens with zero attached hydrogens (tertiary/aromatic N) is 1. The van der Waals surface area contributed by atoms with E-state index >= 15 is 0 Å². The van der Waals surface area contributed by atoms with Crippen LogP contribution in [0.25, 0.3) is 0 Å². The minimum atomic E-state index is -0.502. The maximum absolute atomic E-state index is 11.9. The molecule has 0 bridgehead atoms. The standard InChI is InChI=1S/C11H15N3O3/c1-2-17-10(16)5-9(15)11-7-6-12-4-3-8(7)13-14-11/h12H,2-6H2,1H3,(H,13,14). The lowest BCUT2D eigenvalue weighted by Gasteiger charge is -2.12. The van der Waals surface area contributed by atoms with Gasteiger partial charge in [-0.05, 0) is 6.92 Å². The van der Waals surface area contributed by atoms with Crippen molar-refractivity contribution in [2.24, 2.45) is 0 Å². The highest BCUT2D eigenvalue weighted by molar-refractivity contribution is 6.05. The van der Waals surface area contributed by atoms with Crippen molar-refractivity contribution in [3.8, 4) is 0 Å². The Labute approximate surface area is 98.7 Å². The summed E-state index contributed by atoms with van der Waals surface area (Å²) >= 11 is 0. The van der Waals surface area contributed by atoms with Crippen LogP contribution in [0.3, 0.4) is 0 Å². The molecule has 1 aliphatic heterocycles. The van der Waals surface area contributed by atoms with Gasteiger partial charge >= 0.3 is 5.97 Å². The Balaban J connectivity index is 2.09. The van der Waals surface area contributed by atoms with Crippen LogP contribution in [0.1, 0.15) is 35.1 Å². The summed E-state index contributed by atoms with van der Waals surface area (Å²) in [5, 5.41) is 10.0. The molecular weight excluding hydrogens is 222 g/mol. The zero-order chi connectivity index (χ0) is 12.3. The Morgan fingerprint density at radius 1 is 1.47 bits per heavy atom. The van der Waals surface area contributed by atoms with Crippen molar-refractivity contribution >= 4 is 11.8 Å².